The van der Waals surface area contributed by atoms with E-state index in [1.807, 2.05) is 7.05 Å². The molecule has 0 radical (unpaired) electrons. The fourth-order valence-corrected chi connectivity index (χ4v) is 4.19. The van der Waals surface area contributed by atoms with Crippen molar-refractivity contribution in [3.63, 3.8) is 0 Å². The Kier molecular flexibility index (Phi) is 4.35. The highest BCUT2D eigenvalue weighted by Gasteiger charge is 2.23. The molecule has 0 bridgehead atoms. The van der Waals surface area contributed by atoms with Crippen LogP contribution in [0.25, 0.3) is 21.9 Å². The maximum atomic E-state index is 3.41. The van der Waals surface area contributed by atoms with E-state index in [-0.39, 0.29) is 0 Å². The van der Waals surface area contributed by atoms with Gasteiger partial charge in [0.05, 0.1) is 11.4 Å². The first kappa shape index (κ1) is 16.0. The lowest BCUT2D eigenvalue weighted by Gasteiger charge is -2.31. The summed E-state index contributed by atoms with van der Waals surface area (Å²) >= 11 is 0. The van der Waals surface area contributed by atoms with Crippen molar-refractivity contribution in [1.29, 1.82) is 0 Å². The van der Waals surface area contributed by atoms with Gasteiger partial charge in [-0.15, -0.1) is 0 Å². The molecule has 25 heavy (non-hydrogen) atoms. The van der Waals surface area contributed by atoms with Crippen molar-refractivity contribution < 1.29 is 0 Å². The van der Waals surface area contributed by atoms with Gasteiger partial charge in [0.25, 0.3) is 0 Å². The molecule has 1 aliphatic carbocycles. The molecule has 2 nitrogen and oxygen atoms in total. The Hall–Kier alpha value is -2.48. The van der Waals surface area contributed by atoms with Crippen LogP contribution in [0.4, 0.5) is 11.4 Å². The van der Waals surface area contributed by atoms with Crippen LogP contribution in [-0.2, 0) is 0 Å². The van der Waals surface area contributed by atoms with Crippen molar-refractivity contribution in [2.24, 2.45) is 0 Å². The Labute approximate surface area is 150 Å². The van der Waals surface area contributed by atoms with Crippen molar-refractivity contribution in [2.75, 3.05) is 24.3 Å². The summed E-state index contributed by atoms with van der Waals surface area (Å²) in [5.74, 6) is 0. The average molecular weight is 330 g/mol. The predicted octanol–water partition coefficient (Wildman–Crippen LogP) is 5.93. The summed E-state index contributed by atoms with van der Waals surface area (Å²) in [4.78, 5) is 2.50. The van der Waals surface area contributed by atoms with Gasteiger partial charge in [0.1, 0.15) is 0 Å². The fraction of sp³-hybridized carbons (Fsp3) is 0.304. The minimum absolute atomic E-state index is 0.647. The third-order valence-electron chi connectivity index (χ3n) is 5.59. The van der Waals surface area contributed by atoms with Gasteiger partial charge in [-0.05, 0) is 41.3 Å². The van der Waals surface area contributed by atoms with E-state index in [4.69, 9.17) is 0 Å². The van der Waals surface area contributed by atoms with Crippen LogP contribution in [0.2, 0.25) is 0 Å². The number of fused-ring (bicyclic) bond motifs is 1. The standard InChI is InChI=1S/C23H26N2/c1-24-22-13-7-12-21(23(22)25(2)20-10-5-6-11-20)19-15-14-17-8-3-4-9-18(17)16-19/h3-4,7-9,12-16,20,24H,5-6,10-11H2,1-2H3. The molecule has 3 aromatic carbocycles. The summed E-state index contributed by atoms with van der Waals surface area (Å²) in [7, 11) is 4.28. The smallest absolute Gasteiger partial charge is 0.0681 e. The lowest BCUT2D eigenvalue weighted by Crippen LogP contribution is -2.29. The minimum atomic E-state index is 0.647. The van der Waals surface area contributed by atoms with Crippen molar-refractivity contribution in [3.8, 4) is 11.1 Å². The van der Waals surface area contributed by atoms with Crippen LogP contribution in [0.5, 0.6) is 0 Å². The monoisotopic (exact) mass is 330 g/mol. The van der Waals surface area contributed by atoms with E-state index in [0.29, 0.717) is 6.04 Å². The number of nitrogens with one attached hydrogen (secondary N) is 1. The molecular weight excluding hydrogens is 304 g/mol. The maximum Gasteiger partial charge on any atom is 0.0681 e. The highest BCUT2D eigenvalue weighted by molar-refractivity contribution is 5.93. The number of para-hydroxylation sites is 1. The van der Waals surface area contributed by atoms with E-state index in [0.717, 1.165) is 0 Å². The van der Waals surface area contributed by atoms with Crippen LogP contribution in [-0.4, -0.2) is 20.1 Å². The molecule has 0 spiro atoms. The molecule has 0 unspecified atom stereocenters. The lowest BCUT2D eigenvalue weighted by molar-refractivity contribution is 0.654. The number of anilines is 2. The van der Waals surface area contributed by atoms with Gasteiger partial charge >= 0.3 is 0 Å². The molecule has 1 fully saturated rings. The first-order valence-electron chi connectivity index (χ1n) is 9.30. The second kappa shape index (κ2) is 6.79. The summed E-state index contributed by atoms with van der Waals surface area (Å²) in [6.45, 7) is 0. The zero-order valence-electron chi connectivity index (χ0n) is 15.1. The number of nitrogens with zero attached hydrogens (tertiary/aromatic N) is 1. The third kappa shape index (κ3) is 2.97. The molecule has 1 saturated carbocycles. The van der Waals surface area contributed by atoms with E-state index in [1.54, 1.807) is 0 Å². The molecule has 128 valence electrons. The first-order chi connectivity index (χ1) is 12.3. The van der Waals surface area contributed by atoms with Gasteiger partial charge in [-0.2, -0.15) is 0 Å². The third-order valence-corrected chi connectivity index (χ3v) is 5.59. The zero-order chi connectivity index (χ0) is 17.2. The number of hydrogen-bond acceptors (Lipinski definition) is 2. The molecule has 0 heterocycles. The van der Waals surface area contributed by atoms with Crippen LogP contribution < -0.4 is 10.2 Å². The number of benzene rings is 3. The summed E-state index contributed by atoms with van der Waals surface area (Å²) in [6.07, 6.45) is 5.29. The highest BCUT2D eigenvalue weighted by Crippen LogP contribution is 2.40. The topological polar surface area (TPSA) is 15.3 Å². The van der Waals surface area contributed by atoms with Crippen LogP contribution in [0.1, 0.15) is 25.7 Å². The summed E-state index contributed by atoms with van der Waals surface area (Å²) < 4.78 is 0. The van der Waals surface area contributed by atoms with Gasteiger partial charge in [-0.3, -0.25) is 0 Å². The Morgan fingerprint density at radius 3 is 2.40 bits per heavy atom. The Morgan fingerprint density at radius 2 is 1.64 bits per heavy atom. The molecule has 2 heteroatoms. The number of rotatable bonds is 4. The van der Waals surface area contributed by atoms with Crippen LogP contribution in [0.15, 0.2) is 60.7 Å². The normalized spacial score (nSPS) is 14.8. The van der Waals surface area contributed by atoms with E-state index < -0.39 is 0 Å². The molecule has 1 N–H and O–H groups in total. The van der Waals surface area contributed by atoms with Gasteiger partial charge in [0, 0.05) is 25.7 Å². The van der Waals surface area contributed by atoms with Crippen molar-refractivity contribution in [3.05, 3.63) is 60.7 Å². The largest absolute Gasteiger partial charge is 0.386 e. The summed E-state index contributed by atoms with van der Waals surface area (Å²) in [5, 5.41) is 5.99. The van der Waals surface area contributed by atoms with Crippen molar-refractivity contribution in [1.82, 2.24) is 0 Å². The molecule has 4 rings (SSSR count). The molecule has 0 atom stereocenters. The van der Waals surface area contributed by atoms with Gasteiger partial charge in [0.15, 0.2) is 0 Å². The van der Waals surface area contributed by atoms with Gasteiger partial charge < -0.3 is 10.2 Å². The van der Waals surface area contributed by atoms with Crippen molar-refractivity contribution in [2.45, 2.75) is 31.7 Å². The van der Waals surface area contributed by atoms with Gasteiger partial charge in [-0.25, -0.2) is 0 Å². The molecular formula is C23H26N2. The maximum absolute atomic E-state index is 3.41. The van der Waals surface area contributed by atoms with E-state index in [2.05, 4.69) is 77.9 Å². The first-order valence-corrected chi connectivity index (χ1v) is 9.30. The molecule has 0 saturated heterocycles. The van der Waals surface area contributed by atoms with Crippen LogP contribution in [0, 0.1) is 0 Å². The lowest BCUT2D eigenvalue weighted by atomic mass is 9.97. The molecule has 3 aromatic rings. The fourth-order valence-electron chi connectivity index (χ4n) is 4.19. The molecule has 1 aliphatic rings. The van der Waals surface area contributed by atoms with Crippen molar-refractivity contribution >= 4 is 22.1 Å². The Morgan fingerprint density at radius 1 is 0.880 bits per heavy atom. The summed E-state index contributed by atoms with van der Waals surface area (Å²) in [6, 6.07) is 22.6. The second-order valence-corrected chi connectivity index (χ2v) is 7.06. The second-order valence-electron chi connectivity index (χ2n) is 7.06. The van der Waals surface area contributed by atoms with Gasteiger partial charge in [-0.1, -0.05) is 61.4 Å². The highest BCUT2D eigenvalue weighted by atomic mass is 15.2. The average Bonchev–Trinajstić information content (AvgIpc) is 3.21. The quantitative estimate of drug-likeness (QED) is 0.638. The van der Waals surface area contributed by atoms with Crippen LogP contribution >= 0.6 is 0 Å². The SMILES string of the molecule is CNc1cccc(-c2ccc3ccccc3c2)c1N(C)C1CCCC1. The van der Waals surface area contributed by atoms with Gasteiger partial charge in [0.2, 0.25) is 0 Å². The summed E-state index contributed by atoms with van der Waals surface area (Å²) in [5.41, 5.74) is 5.13. The van der Waals surface area contributed by atoms with E-state index in [9.17, 15) is 0 Å². The Balaban J connectivity index is 1.85. The zero-order valence-corrected chi connectivity index (χ0v) is 15.1. The molecule has 0 aromatic heterocycles. The van der Waals surface area contributed by atoms with E-state index in [1.165, 1.54) is 59.0 Å². The Bertz CT molecular complexity index is 878. The number of hydrogen-bond donors (Lipinski definition) is 1. The minimum Gasteiger partial charge on any atom is -0.386 e. The predicted molar refractivity (Wildman–Crippen MR) is 110 cm³/mol. The molecule has 0 amide bonds. The molecule has 0 aliphatic heterocycles. The van der Waals surface area contributed by atoms with E-state index >= 15 is 0 Å². The van der Waals surface area contributed by atoms with Crippen LogP contribution in [0.3, 0.4) is 0 Å².